The lowest BCUT2D eigenvalue weighted by atomic mass is 9.98. The molecule has 3 heterocycles. The van der Waals surface area contributed by atoms with Crippen molar-refractivity contribution in [2.75, 3.05) is 4.90 Å². The van der Waals surface area contributed by atoms with Crippen LogP contribution in [0.2, 0.25) is 0 Å². The summed E-state index contributed by atoms with van der Waals surface area (Å²) >= 11 is 5.64. The van der Waals surface area contributed by atoms with Crippen molar-refractivity contribution in [3.63, 3.8) is 0 Å². The second-order valence-corrected chi connectivity index (χ2v) is 16.1. The molecular formula is C46H27NS3. The molecule has 11 aromatic rings. The van der Waals surface area contributed by atoms with Crippen LogP contribution in [0.15, 0.2) is 164 Å². The number of nitrogens with zero attached hydrogens (tertiary/aromatic N) is 1. The molecule has 0 unspecified atom stereocenters. The highest BCUT2D eigenvalue weighted by molar-refractivity contribution is 7.27. The van der Waals surface area contributed by atoms with Gasteiger partial charge in [0, 0.05) is 77.6 Å². The minimum absolute atomic E-state index is 1.14. The molecular weight excluding hydrogens is 663 g/mol. The summed E-state index contributed by atoms with van der Waals surface area (Å²) in [7, 11) is 0. The van der Waals surface area contributed by atoms with Crippen molar-refractivity contribution in [1.29, 1.82) is 0 Å². The molecule has 0 bridgehead atoms. The van der Waals surface area contributed by atoms with Crippen LogP contribution in [0.4, 0.5) is 17.1 Å². The van der Waals surface area contributed by atoms with E-state index < -0.39 is 0 Å². The average Bonchev–Trinajstić information content (AvgIpc) is 3.86. The summed E-state index contributed by atoms with van der Waals surface area (Å²) < 4.78 is 7.94. The van der Waals surface area contributed by atoms with Crippen LogP contribution in [0, 0.1) is 0 Å². The highest BCUT2D eigenvalue weighted by Crippen LogP contribution is 2.46. The third-order valence-corrected chi connectivity index (χ3v) is 13.5. The summed E-state index contributed by atoms with van der Waals surface area (Å²) in [6.07, 6.45) is 0. The van der Waals surface area contributed by atoms with Gasteiger partial charge in [-0.05, 0) is 76.5 Å². The Hall–Kier alpha value is -5.52. The van der Waals surface area contributed by atoms with Gasteiger partial charge < -0.3 is 4.90 Å². The van der Waals surface area contributed by atoms with Gasteiger partial charge in [-0.15, -0.1) is 34.0 Å². The molecule has 4 heteroatoms. The minimum Gasteiger partial charge on any atom is -0.310 e. The molecule has 50 heavy (non-hydrogen) atoms. The Balaban J connectivity index is 1.08. The first-order valence-electron chi connectivity index (χ1n) is 16.8. The molecule has 0 fully saturated rings. The smallest absolute Gasteiger partial charge is 0.0476 e. The van der Waals surface area contributed by atoms with E-state index in [4.69, 9.17) is 0 Å². The van der Waals surface area contributed by atoms with E-state index in [9.17, 15) is 0 Å². The van der Waals surface area contributed by atoms with Crippen LogP contribution in [-0.4, -0.2) is 0 Å². The summed E-state index contributed by atoms with van der Waals surface area (Å²) in [4.78, 5) is 2.42. The van der Waals surface area contributed by atoms with Crippen LogP contribution in [0.25, 0.3) is 82.4 Å². The van der Waals surface area contributed by atoms with E-state index in [2.05, 4.69) is 169 Å². The normalized spacial score (nSPS) is 12.0. The zero-order valence-electron chi connectivity index (χ0n) is 26.8. The summed E-state index contributed by atoms with van der Waals surface area (Å²) in [6, 6.07) is 60.6. The van der Waals surface area contributed by atoms with Crippen molar-refractivity contribution in [2.45, 2.75) is 0 Å². The van der Waals surface area contributed by atoms with Gasteiger partial charge in [0.1, 0.15) is 0 Å². The van der Waals surface area contributed by atoms with Crippen LogP contribution in [0.3, 0.4) is 0 Å². The molecule has 0 aliphatic rings. The molecule has 0 saturated carbocycles. The third-order valence-electron chi connectivity index (χ3n) is 10.1. The molecule has 234 valence electrons. The van der Waals surface area contributed by atoms with Gasteiger partial charge in [-0.1, -0.05) is 109 Å². The first-order valence-corrected chi connectivity index (χ1v) is 19.3. The summed E-state index contributed by atoms with van der Waals surface area (Å²) in [6.45, 7) is 0. The van der Waals surface area contributed by atoms with Crippen molar-refractivity contribution in [3.8, 4) is 11.1 Å². The summed E-state index contributed by atoms with van der Waals surface area (Å²) in [5.74, 6) is 0. The average molecular weight is 690 g/mol. The minimum atomic E-state index is 1.14. The monoisotopic (exact) mass is 689 g/mol. The van der Waals surface area contributed by atoms with Gasteiger partial charge >= 0.3 is 0 Å². The van der Waals surface area contributed by atoms with Gasteiger partial charge in [0.25, 0.3) is 0 Å². The molecule has 0 spiro atoms. The largest absolute Gasteiger partial charge is 0.310 e. The molecule has 1 nitrogen and oxygen atoms in total. The SMILES string of the molecule is c1ccc2c(c1)ccc1c2sc2cccc(-c3ccc(N(c4ccc5c(c4)sc4ccccc45)c4ccc5c(c4)sc4ccccc45)cc3)c21. The van der Waals surface area contributed by atoms with Crippen LogP contribution >= 0.6 is 34.0 Å². The Morgan fingerprint density at radius 1 is 0.340 bits per heavy atom. The van der Waals surface area contributed by atoms with Crippen molar-refractivity contribution in [2.24, 2.45) is 0 Å². The molecule has 0 saturated heterocycles. The topological polar surface area (TPSA) is 3.24 Å². The standard InChI is InChI=1S/C46H27NS3/c1-2-9-34-28(8-1)18-23-39-45-33(12-7-15-42(45)50-46(34)39)29-16-19-30(20-17-29)47(31-21-24-37-35-10-3-5-13-40(35)48-43(37)26-31)32-22-25-38-36-11-4-6-14-41(36)49-44(38)27-32/h1-27H. The number of fused-ring (bicyclic) bond motifs is 11. The maximum Gasteiger partial charge on any atom is 0.0476 e. The van der Waals surface area contributed by atoms with Gasteiger partial charge in [0.15, 0.2) is 0 Å². The molecule has 0 aliphatic carbocycles. The second-order valence-electron chi connectivity index (χ2n) is 12.9. The number of hydrogen-bond donors (Lipinski definition) is 0. The number of thiophene rings is 3. The zero-order chi connectivity index (χ0) is 32.8. The molecule has 8 aromatic carbocycles. The third kappa shape index (κ3) is 4.29. The molecule has 0 atom stereocenters. The van der Waals surface area contributed by atoms with Gasteiger partial charge in [-0.3, -0.25) is 0 Å². The molecule has 0 amide bonds. The van der Waals surface area contributed by atoms with Crippen molar-refractivity contribution >= 4 is 122 Å². The molecule has 0 aliphatic heterocycles. The Morgan fingerprint density at radius 2 is 0.880 bits per heavy atom. The van der Waals surface area contributed by atoms with E-state index in [1.807, 2.05) is 34.0 Å². The number of rotatable bonds is 4. The predicted molar refractivity (Wildman–Crippen MR) is 223 cm³/mol. The predicted octanol–water partition coefficient (Wildman–Crippen LogP) is 15.1. The quantitative estimate of drug-likeness (QED) is 0.178. The molecule has 11 rings (SSSR count). The maximum absolute atomic E-state index is 2.42. The van der Waals surface area contributed by atoms with Crippen LogP contribution in [-0.2, 0) is 0 Å². The maximum atomic E-state index is 2.42. The Bertz CT molecular complexity index is 2990. The van der Waals surface area contributed by atoms with Crippen molar-refractivity contribution < 1.29 is 0 Å². The first kappa shape index (κ1) is 28.3. The zero-order valence-corrected chi connectivity index (χ0v) is 29.2. The molecule has 0 radical (unpaired) electrons. The molecule has 3 aromatic heterocycles. The van der Waals surface area contributed by atoms with Crippen molar-refractivity contribution in [1.82, 2.24) is 0 Å². The Morgan fingerprint density at radius 3 is 1.56 bits per heavy atom. The highest BCUT2D eigenvalue weighted by Gasteiger charge is 2.18. The van der Waals surface area contributed by atoms with Crippen LogP contribution in [0.1, 0.15) is 0 Å². The van der Waals surface area contributed by atoms with Crippen molar-refractivity contribution in [3.05, 3.63) is 164 Å². The van der Waals surface area contributed by atoms with Gasteiger partial charge in [0.2, 0.25) is 0 Å². The molecule has 0 N–H and O–H groups in total. The van der Waals surface area contributed by atoms with E-state index >= 15 is 0 Å². The highest BCUT2D eigenvalue weighted by atomic mass is 32.1. The fourth-order valence-electron chi connectivity index (χ4n) is 7.74. The Labute approximate surface area is 300 Å². The van der Waals surface area contributed by atoms with Crippen LogP contribution in [0.5, 0.6) is 0 Å². The van der Waals surface area contributed by atoms with E-state index in [1.165, 1.54) is 82.4 Å². The number of anilines is 3. The summed E-state index contributed by atoms with van der Waals surface area (Å²) in [5.41, 5.74) is 5.97. The fraction of sp³-hybridized carbons (Fsp3) is 0. The second kappa shape index (κ2) is 11.0. The van der Waals surface area contributed by atoms with Gasteiger partial charge in [0.05, 0.1) is 0 Å². The fourth-order valence-corrected chi connectivity index (χ4v) is 11.3. The van der Waals surface area contributed by atoms with Crippen LogP contribution < -0.4 is 4.90 Å². The lowest BCUT2D eigenvalue weighted by Gasteiger charge is -2.26. The van der Waals surface area contributed by atoms with E-state index in [0.717, 1.165) is 17.1 Å². The van der Waals surface area contributed by atoms with E-state index in [0.29, 0.717) is 0 Å². The van der Waals surface area contributed by atoms with E-state index in [1.54, 1.807) is 0 Å². The number of hydrogen-bond acceptors (Lipinski definition) is 4. The summed E-state index contributed by atoms with van der Waals surface area (Å²) in [5, 5.41) is 10.6. The lowest BCUT2D eigenvalue weighted by Crippen LogP contribution is -2.09. The van der Waals surface area contributed by atoms with E-state index in [-0.39, 0.29) is 0 Å². The first-order chi connectivity index (χ1) is 24.8. The van der Waals surface area contributed by atoms with Gasteiger partial charge in [-0.25, -0.2) is 0 Å². The van der Waals surface area contributed by atoms with Gasteiger partial charge in [-0.2, -0.15) is 0 Å². The number of benzene rings is 8. The Kier molecular flexibility index (Phi) is 6.23. The lowest BCUT2D eigenvalue weighted by molar-refractivity contribution is 1.30.